The van der Waals surface area contributed by atoms with Crippen molar-refractivity contribution < 1.29 is 14.3 Å². The van der Waals surface area contributed by atoms with E-state index in [1.54, 1.807) is 18.3 Å². The summed E-state index contributed by atoms with van der Waals surface area (Å²) in [4.78, 5) is 15.7. The summed E-state index contributed by atoms with van der Waals surface area (Å²) in [5.41, 5.74) is 3.14. The smallest absolute Gasteiger partial charge is 0.262 e. The Labute approximate surface area is 167 Å². The zero-order chi connectivity index (χ0) is 19.3. The van der Waals surface area contributed by atoms with Crippen molar-refractivity contribution in [2.24, 2.45) is 0 Å². The predicted molar refractivity (Wildman–Crippen MR) is 108 cm³/mol. The molecule has 0 radical (unpaired) electrons. The molecule has 2 heterocycles. The SMILES string of the molecule is O=C1COc2cc(NCc3ccccc3OCc3ccccn3)c(Cl)cc2N1. The molecule has 3 aromatic rings. The number of pyridine rings is 1. The zero-order valence-corrected chi connectivity index (χ0v) is 15.7. The second-order valence-electron chi connectivity index (χ2n) is 6.24. The predicted octanol–water partition coefficient (Wildman–Crippen LogP) is 4.26. The van der Waals surface area contributed by atoms with Crippen LogP contribution in [-0.4, -0.2) is 17.5 Å². The molecule has 0 bridgehead atoms. The van der Waals surface area contributed by atoms with E-state index in [1.165, 1.54) is 0 Å². The molecule has 4 rings (SSSR count). The largest absolute Gasteiger partial charge is 0.487 e. The third kappa shape index (κ3) is 4.18. The standard InChI is InChI=1S/C21H18ClN3O3/c22-16-9-18-20(28-13-21(26)25-18)10-17(16)24-11-14-5-1-2-7-19(14)27-12-15-6-3-4-8-23-15/h1-10,24H,11-13H2,(H,25,26). The van der Waals surface area contributed by atoms with Gasteiger partial charge in [0.15, 0.2) is 6.61 Å². The van der Waals surface area contributed by atoms with E-state index in [0.29, 0.717) is 29.6 Å². The second-order valence-corrected chi connectivity index (χ2v) is 6.64. The first-order chi connectivity index (χ1) is 13.7. The van der Waals surface area contributed by atoms with Gasteiger partial charge < -0.3 is 20.1 Å². The maximum absolute atomic E-state index is 11.4. The average molecular weight is 396 g/mol. The number of nitrogens with zero attached hydrogens (tertiary/aromatic N) is 1. The quantitative estimate of drug-likeness (QED) is 0.652. The van der Waals surface area contributed by atoms with Crippen LogP contribution >= 0.6 is 11.6 Å². The maximum atomic E-state index is 11.4. The van der Waals surface area contributed by atoms with Crippen molar-refractivity contribution in [3.05, 3.63) is 77.1 Å². The Hall–Kier alpha value is -3.25. The Morgan fingerprint density at radius 2 is 2.04 bits per heavy atom. The van der Waals surface area contributed by atoms with Gasteiger partial charge in [-0.05, 0) is 24.3 Å². The fourth-order valence-electron chi connectivity index (χ4n) is 2.85. The molecular formula is C21H18ClN3O3. The number of ether oxygens (including phenoxy) is 2. The summed E-state index contributed by atoms with van der Waals surface area (Å²) in [5.74, 6) is 1.17. The Balaban J connectivity index is 1.46. The topological polar surface area (TPSA) is 72.5 Å². The van der Waals surface area contributed by atoms with Crippen LogP contribution in [0.4, 0.5) is 11.4 Å². The number of para-hydroxylation sites is 1. The first kappa shape index (κ1) is 18.1. The van der Waals surface area contributed by atoms with E-state index in [1.807, 2.05) is 42.5 Å². The fourth-order valence-corrected chi connectivity index (χ4v) is 3.08. The molecule has 0 unspecified atom stereocenters. The van der Waals surface area contributed by atoms with Gasteiger partial charge in [-0.3, -0.25) is 9.78 Å². The van der Waals surface area contributed by atoms with Crippen LogP contribution in [0.3, 0.4) is 0 Å². The number of hydrogen-bond donors (Lipinski definition) is 2. The van der Waals surface area contributed by atoms with Gasteiger partial charge in [0.25, 0.3) is 5.91 Å². The Morgan fingerprint density at radius 1 is 1.18 bits per heavy atom. The lowest BCUT2D eigenvalue weighted by molar-refractivity contribution is -0.118. The van der Waals surface area contributed by atoms with E-state index in [2.05, 4.69) is 15.6 Å². The first-order valence-electron chi connectivity index (χ1n) is 8.80. The number of nitrogens with one attached hydrogen (secondary N) is 2. The summed E-state index contributed by atoms with van der Waals surface area (Å²) in [6.45, 7) is 0.909. The van der Waals surface area contributed by atoms with Crippen molar-refractivity contribution in [2.75, 3.05) is 17.2 Å². The van der Waals surface area contributed by atoms with Crippen molar-refractivity contribution in [2.45, 2.75) is 13.2 Å². The molecule has 0 spiro atoms. The third-order valence-electron chi connectivity index (χ3n) is 4.25. The molecule has 2 aromatic carbocycles. The van der Waals surface area contributed by atoms with Crippen LogP contribution in [0.1, 0.15) is 11.3 Å². The number of amides is 1. The van der Waals surface area contributed by atoms with Crippen molar-refractivity contribution in [1.29, 1.82) is 0 Å². The van der Waals surface area contributed by atoms with Gasteiger partial charge in [0.1, 0.15) is 18.1 Å². The minimum absolute atomic E-state index is 0.00172. The highest BCUT2D eigenvalue weighted by molar-refractivity contribution is 6.33. The third-order valence-corrected chi connectivity index (χ3v) is 4.56. The maximum Gasteiger partial charge on any atom is 0.262 e. The summed E-state index contributed by atoms with van der Waals surface area (Å²) in [5, 5.41) is 6.55. The van der Waals surface area contributed by atoms with Gasteiger partial charge in [0.05, 0.1) is 22.1 Å². The van der Waals surface area contributed by atoms with Crippen molar-refractivity contribution >= 4 is 28.9 Å². The summed E-state index contributed by atoms with van der Waals surface area (Å²) in [6.07, 6.45) is 1.74. The van der Waals surface area contributed by atoms with Gasteiger partial charge in [0, 0.05) is 24.4 Å². The van der Waals surface area contributed by atoms with Gasteiger partial charge in [-0.2, -0.15) is 0 Å². The number of halogens is 1. The van der Waals surface area contributed by atoms with Crippen LogP contribution in [0.25, 0.3) is 0 Å². The molecule has 0 atom stereocenters. The van der Waals surface area contributed by atoms with E-state index >= 15 is 0 Å². The number of rotatable bonds is 6. The number of aromatic nitrogens is 1. The van der Waals surface area contributed by atoms with Gasteiger partial charge >= 0.3 is 0 Å². The molecular weight excluding hydrogens is 378 g/mol. The molecule has 0 saturated heterocycles. The number of benzene rings is 2. The summed E-state index contributed by atoms with van der Waals surface area (Å²) >= 11 is 6.35. The molecule has 1 aliphatic heterocycles. The number of anilines is 2. The minimum Gasteiger partial charge on any atom is -0.487 e. The highest BCUT2D eigenvalue weighted by Crippen LogP contribution is 2.36. The van der Waals surface area contributed by atoms with Gasteiger partial charge in [0.2, 0.25) is 0 Å². The van der Waals surface area contributed by atoms with E-state index in [-0.39, 0.29) is 12.5 Å². The van der Waals surface area contributed by atoms with Crippen LogP contribution in [0.2, 0.25) is 5.02 Å². The minimum atomic E-state index is -0.191. The van der Waals surface area contributed by atoms with Gasteiger partial charge in [-0.1, -0.05) is 35.9 Å². The van der Waals surface area contributed by atoms with Crippen LogP contribution in [0, 0.1) is 0 Å². The van der Waals surface area contributed by atoms with Crippen LogP contribution in [-0.2, 0) is 17.9 Å². The molecule has 0 fully saturated rings. The molecule has 28 heavy (non-hydrogen) atoms. The molecule has 1 aromatic heterocycles. The lowest BCUT2D eigenvalue weighted by Crippen LogP contribution is -2.25. The lowest BCUT2D eigenvalue weighted by Gasteiger charge is -2.20. The number of carbonyl (C=O) groups excluding carboxylic acids is 1. The molecule has 1 aliphatic rings. The normalized spacial score (nSPS) is 12.5. The summed E-state index contributed by atoms with van der Waals surface area (Å²) < 4.78 is 11.4. The fraction of sp³-hybridized carbons (Fsp3) is 0.143. The van der Waals surface area contributed by atoms with Gasteiger partial charge in [-0.25, -0.2) is 0 Å². The Morgan fingerprint density at radius 3 is 2.89 bits per heavy atom. The van der Waals surface area contributed by atoms with Crippen molar-refractivity contribution in [3.63, 3.8) is 0 Å². The second kappa shape index (κ2) is 8.19. The van der Waals surface area contributed by atoms with E-state index < -0.39 is 0 Å². The molecule has 7 heteroatoms. The number of hydrogen-bond acceptors (Lipinski definition) is 5. The first-order valence-corrected chi connectivity index (χ1v) is 9.17. The van der Waals surface area contributed by atoms with Crippen molar-refractivity contribution in [3.8, 4) is 11.5 Å². The van der Waals surface area contributed by atoms with Gasteiger partial charge in [-0.15, -0.1) is 0 Å². The Kier molecular flexibility index (Phi) is 5.30. The molecule has 6 nitrogen and oxygen atoms in total. The average Bonchev–Trinajstić information content (AvgIpc) is 2.72. The van der Waals surface area contributed by atoms with Crippen molar-refractivity contribution in [1.82, 2.24) is 4.98 Å². The van der Waals surface area contributed by atoms with Crippen LogP contribution in [0.5, 0.6) is 11.5 Å². The van der Waals surface area contributed by atoms with Crippen LogP contribution in [0.15, 0.2) is 60.8 Å². The monoisotopic (exact) mass is 395 g/mol. The lowest BCUT2D eigenvalue weighted by atomic mass is 10.2. The highest BCUT2D eigenvalue weighted by atomic mass is 35.5. The number of carbonyl (C=O) groups is 1. The molecule has 142 valence electrons. The molecule has 2 N–H and O–H groups in total. The highest BCUT2D eigenvalue weighted by Gasteiger charge is 2.18. The molecule has 0 saturated carbocycles. The van der Waals surface area contributed by atoms with E-state index in [4.69, 9.17) is 21.1 Å². The summed E-state index contributed by atoms with van der Waals surface area (Å²) in [7, 11) is 0. The zero-order valence-electron chi connectivity index (χ0n) is 14.9. The molecule has 1 amide bonds. The van der Waals surface area contributed by atoms with E-state index in [9.17, 15) is 4.79 Å². The number of fused-ring (bicyclic) bond motifs is 1. The molecule has 0 aliphatic carbocycles. The van der Waals surface area contributed by atoms with E-state index in [0.717, 1.165) is 22.7 Å². The van der Waals surface area contributed by atoms with Crippen LogP contribution < -0.4 is 20.1 Å². The summed E-state index contributed by atoms with van der Waals surface area (Å²) in [6, 6.07) is 17.0. The Bertz CT molecular complexity index is 995.